The number of carbonyl (C=O) groups is 1. The van der Waals surface area contributed by atoms with Crippen LogP contribution in [0.15, 0.2) is 0 Å². The summed E-state index contributed by atoms with van der Waals surface area (Å²) in [6.07, 6.45) is 0.639. The van der Waals surface area contributed by atoms with Gasteiger partial charge in [-0.3, -0.25) is 4.79 Å². The van der Waals surface area contributed by atoms with Gasteiger partial charge in [-0.15, -0.1) is 0 Å². The third-order valence-electron chi connectivity index (χ3n) is 0.180. The summed E-state index contributed by atoms with van der Waals surface area (Å²) >= 11 is 0. The summed E-state index contributed by atoms with van der Waals surface area (Å²) in [5.74, 6) is 0. The van der Waals surface area contributed by atoms with Gasteiger partial charge in [0.05, 0.1) is 0 Å². The Hall–Kier alpha value is -0.530. The average Bonchev–Trinajstić information content (AvgIpc) is 1.38. The summed E-state index contributed by atoms with van der Waals surface area (Å²) in [7, 11) is 4.80. The molecule has 0 aromatic rings. The van der Waals surface area contributed by atoms with Crippen molar-refractivity contribution in [3.05, 3.63) is 7.05 Å². The van der Waals surface area contributed by atoms with Gasteiger partial charge in [-0.1, -0.05) is 0 Å². The molecule has 0 bridgehead atoms. The van der Waals surface area contributed by atoms with Gasteiger partial charge in [-0.2, -0.15) is 0 Å². The minimum absolute atomic E-state index is 0.639. The van der Waals surface area contributed by atoms with Crippen molar-refractivity contribution in [2.24, 2.45) is 0 Å². The largest absolute Gasteiger partial charge is 0.347 e. The van der Waals surface area contributed by atoms with Crippen molar-refractivity contribution >= 4 is 6.41 Å². The minimum Gasteiger partial charge on any atom is -0.347 e. The first-order valence-corrected chi connectivity index (χ1v) is 1.26. The Morgan fingerprint density at radius 2 is 2.20 bits per heavy atom. The van der Waals surface area contributed by atoms with Gasteiger partial charge in [-0.25, -0.2) is 0 Å². The summed E-state index contributed by atoms with van der Waals surface area (Å²) in [4.78, 5) is 10.6. The quantitative estimate of drug-likeness (QED) is 0.395. The van der Waals surface area contributed by atoms with Crippen LogP contribution >= 0.6 is 0 Å². The van der Waals surface area contributed by atoms with Crippen LogP contribution in [0.3, 0.4) is 0 Å². The predicted molar refractivity (Wildman–Crippen MR) is 19.2 cm³/mol. The van der Waals surface area contributed by atoms with Gasteiger partial charge >= 0.3 is 0 Å². The molecule has 2 nitrogen and oxygen atoms in total. The maximum absolute atomic E-state index is 9.37. The molecule has 0 atom stereocenters. The minimum atomic E-state index is 0.639. The van der Waals surface area contributed by atoms with Crippen molar-refractivity contribution in [1.82, 2.24) is 4.90 Å². The van der Waals surface area contributed by atoms with E-state index in [1.165, 1.54) is 4.90 Å². The predicted octanol–water partition coefficient (Wildman–Crippen LogP) is -0.134. The highest BCUT2D eigenvalue weighted by Gasteiger charge is 1.68. The molecule has 0 N–H and O–H groups in total. The van der Waals surface area contributed by atoms with Crippen LogP contribution in [0.1, 0.15) is 0 Å². The lowest BCUT2D eigenvalue weighted by Gasteiger charge is -1.92. The SMILES string of the molecule is [CH2]N(C)C=O. The maximum atomic E-state index is 9.37. The van der Waals surface area contributed by atoms with E-state index in [0.29, 0.717) is 6.41 Å². The second-order valence-electron chi connectivity index (χ2n) is 0.862. The zero-order valence-electron chi connectivity index (χ0n) is 3.14. The lowest BCUT2D eigenvalue weighted by molar-refractivity contribution is -0.115. The number of amides is 1. The van der Waals surface area contributed by atoms with Crippen molar-refractivity contribution in [2.75, 3.05) is 7.05 Å². The standard InChI is InChI=1S/C3H6NO/c1-4(2)3-5/h3H,1H2,2H3. The highest BCUT2D eigenvalue weighted by atomic mass is 16.1. The number of hydrogen-bond donors (Lipinski definition) is 0. The van der Waals surface area contributed by atoms with Crippen LogP contribution < -0.4 is 0 Å². The average molecular weight is 72.1 g/mol. The molecule has 1 radical (unpaired) electrons. The monoisotopic (exact) mass is 72.0 g/mol. The van der Waals surface area contributed by atoms with E-state index in [9.17, 15) is 4.79 Å². The van der Waals surface area contributed by atoms with Crippen LogP contribution in [0.4, 0.5) is 0 Å². The summed E-state index contributed by atoms with van der Waals surface area (Å²) in [5, 5.41) is 0. The Morgan fingerprint density at radius 3 is 2.20 bits per heavy atom. The fourth-order valence-electron chi connectivity index (χ4n) is 0. The first kappa shape index (κ1) is 4.47. The first-order valence-electron chi connectivity index (χ1n) is 1.26. The summed E-state index contributed by atoms with van der Waals surface area (Å²) in [6.45, 7) is 0. The molecule has 2 heteroatoms. The van der Waals surface area contributed by atoms with Gasteiger partial charge in [0, 0.05) is 14.1 Å². The molecular weight excluding hydrogens is 66.0 g/mol. The highest BCUT2D eigenvalue weighted by molar-refractivity contribution is 5.46. The molecule has 0 aliphatic rings. The van der Waals surface area contributed by atoms with Gasteiger partial charge in [0.1, 0.15) is 0 Å². The second kappa shape index (κ2) is 1.76. The fourth-order valence-corrected chi connectivity index (χ4v) is 0. The van der Waals surface area contributed by atoms with E-state index >= 15 is 0 Å². The molecule has 0 fully saturated rings. The molecule has 0 aliphatic carbocycles. The van der Waals surface area contributed by atoms with E-state index < -0.39 is 0 Å². The second-order valence-corrected chi connectivity index (χ2v) is 0.862. The van der Waals surface area contributed by atoms with Crippen LogP contribution in [0.5, 0.6) is 0 Å². The molecule has 29 valence electrons. The third kappa shape index (κ3) is 3.47. The topological polar surface area (TPSA) is 20.3 Å². The van der Waals surface area contributed by atoms with Crippen molar-refractivity contribution in [1.29, 1.82) is 0 Å². The molecule has 5 heavy (non-hydrogen) atoms. The van der Waals surface area contributed by atoms with Crippen LogP contribution in [-0.2, 0) is 4.79 Å². The fraction of sp³-hybridized carbons (Fsp3) is 0.333. The summed E-state index contributed by atoms with van der Waals surface area (Å²) < 4.78 is 0. The zero-order chi connectivity index (χ0) is 4.28. The molecule has 0 aromatic carbocycles. The molecule has 0 heterocycles. The summed E-state index contributed by atoms with van der Waals surface area (Å²) in [6, 6.07) is 0. The highest BCUT2D eigenvalue weighted by Crippen LogP contribution is 1.57. The number of rotatable bonds is 1. The first-order chi connectivity index (χ1) is 2.27. The van der Waals surface area contributed by atoms with Crippen molar-refractivity contribution < 1.29 is 4.79 Å². The zero-order valence-corrected chi connectivity index (χ0v) is 3.14. The summed E-state index contributed by atoms with van der Waals surface area (Å²) in [5.41, 5.74) is 0. The van der Waals surface area contributed by atoms with Gasteiger partial charge in [0.15, 0.2) is 0 Å². The molecule has 0 saturated heterocycles. The van der Waals surface area contributed by atoms with Crippen LogP contribution in [0.2, 0.25) is 0 Å². The van der Waals surface area contributed by atoms with E-state index in [2.05, 4.69) is 7.05 Å². The van der Waals surface area contributed by atoms with Gasteiger partial charge in [0.25, 0.3) is 0 Å². The van der Waals surface area contributed by atoms with Gasteiger partial charge in [-0.05, 0) is 0 Å². The van der Waals surface area contributed by atoms with Crippen molar-refractivity contribution in [2.45, 2.75) is 0 Å². The molecular formula is C3H6NO. The lowest BCUT2D eigenvalue weighted by atomic mass is 11.0. The number of carbonyl (C=O) groups excluding carboxylic acids is 1. The van der Waals surface area contributed by atoms with Gasteiger partial charge in [0.2, 0.25) is 6.41 Å². The Bertz CT molecular complexity index is 33.9. The van der Waals surface area contributed by atoms with E-state index in [-0.39, 0.29) is 0 Å². The molecule has 0 unspecified atom stereocenters. The Balaban J connectivity index is 2.83. The molecule has 0 aromatic heterocycles. The van der Waals surface area contributed by atoms with Crippen LogP contribution in [0.25, 0.3) is 0 Å². The van der Waals surface area contributed by atoms with Crippen LogP contribution in [-0.4, -0.2) is 18.4 Å². The maximum Gasteiger partial charge on any atom is 0.209 e. The Labute approximate surface area is 31.4 Å². The van der Waals surface area contributed by atoms with E-state index in [1.54, 1.807) is 7.05 Å². The van der Waals surface area contributed by atoms with Crippen LogP contribution in [0, 0.1) is 7.05 Å². The molecule has 0 spiro atoms. The Morgan fingerprint density at radius 1 is 2.00 bits per heavy atom. The number of hydrogen-bond acceptors (Lipinski definition) is 1. The normalized spacial score (nSPS) is 6.80. The van der Waals surface area contributed by atoms with Gasteiger partial charge < -0.3 is 4.90 Å². The molecule has 0 aliphatic heterocycles. The third-order valence-corrected chi connectivity index (χ3v) is 0.180. The van der Waals surface area contributed by atoms with Crippen molar-refractivity contribution in [3.8, 4) is 0 Å². The molecule has 1 amide bonds. The molecule has 0 rings (SSSR count). The van der Waals surface area contributed by atoms with E-state index in [0.717, 1.165) is 0 Å². The lowest BCUT2D eigenvalue weighted by Crippen LogP contribution is -2.02. The smallest absolute Gasteiger partial charge is 0.209 e. The molecule has 0 saturated carbocycles. The van der Waals surface area contributed by atoms with E-state index in [1.807, 2.05) is 0 Å². The van der Waals surface area contributed by atoms with E-state index in [4.69, 9.17) is 0 Å². The Kier molecular flexibility index (Phi) is 1.57. The van der Waals surface area contributed by atoms with Crippen molar-refractivity contribution in [3.63, 3.8) is 0 Å². The number of nitrogens with zero attached hydrogens (tertiary/aromatic N) is 1.